The van der Waals surface area contributed by atoms with Crippen LogP contribution >= 0.6 is 0 Å². The van der Waals surface area contributed by atoms with Gasteiger partial charge in [0.1, 0.15) is 5.69 Å². The van der Waals surface area contributed by atoms with Gasteiger partial charge in [-0.3, -0.25) is 9.59 Å². The molecular formula is C14H18N4O2. The van der Waals surface area contributed by atoms with Crippen molar-refractivity contribution in [3.05, 3.63) is 57.4 Å². The van der Waals surface area contributed by atoms with E-state index >= 15 is 0 Å². The summed E-state index contributed by atoms with van der Waals surface area (Å²) >= 11 is 0. The highest BCUT2D eigenvalue weighted by Crippen LogP contribution is 2.33. The lowest BCUT2D eigenvalue weighted by Gasteiger charge is -2.04. The van der Waals surface area contributed by atoms with Crippen molar-refractivity contribution < 1.29 is 0 Å². The standard InChI is InChI=1S/C9H12N2O.C5H6N2O/c1-10-8-3-2-6-11(9(8)12)7-4-5-7;6-4-2-1-3-7-5(4)8/h2-3,6-7,10H,4-5H2,1H3;1-3H,6H2,(H,7,8). The van der Waals surface area contributed by atoms with Gasteiger partial charge in [-0.25, -0.2) is 0 Å². The first-order valence-corrected chi connectivity index (χ1v) is 6.45. The molecule has 0 saturated heterocycles. The van der Waals surface area contributed by atoms with E-state index in [9.17, 15) is 9.59 Å². The number of hydrogen-bond donors (Lipinski definition) is 3. The summed E-state index contributed by atoms with van der Waals surface area (Å²) in [5.74, 6) is 0. The average Bonchev–Trinajstić information content (AvgIpc) is 3.28. The van der Waals surface area contributed by atoms with E-state index < -0.39 is 0 Å². The van der Waals surface area contributed by atoms with E-state index in [2.05, 4.69) is 10.3 Å². The summed E-state index contributed by atoms with van der Waals surface area (Å²) < 4.78 is 1.81. The molecule has 0 amide bonds. The number of aromatic nitrogens is 2. The van der Waals surface area contributed by atoms with Gasteiger partial charge in [-0.15, -0.1) is 0 Å². The van der Waals surface area contributed by atoms with Crippen LogP contribution in [0.25, 0.3) is 0 Å². The number of rotatable bonds is 2. The summed E-state index contributed by atoms with van der Waals surface area (Å²) in [7, 11) is 1.77. The van der Waals surface area contributed by atoms with Crippen LogP contribution in [0.2, 0.25) is 0 Å². The van der Waals surface area contributed by atoms with Crippen LogP contribution < -0.4 is 22.2 Å². The van der Waals surface area contributed by atoms with E-state index in [-0.39, 0.29) is 16.8 Å². The minimum atomic E-state index is -0.229. The second-order valence-electron chi connectivity index (χ2n) is 4.57. The molecule has 1 aliphatic rings. The molecule has 106 valence electrons. The third-order valence-electron chi connectivity index (χ3n) is 3.03. The van der Waals surface area contributed by atoms with Gasteiger partial charge in [0.15, 0.2) is 0 Å². The maximum absolute atomic E-state index is 11.6. The fourth-order valence-corrected chi connectivity index (χ4v) is 1.78. The Kier molecular flexibility index (Phi) is 4.24. The fraction of sp³-hybridized carbons (Fsp3) is 0.286. The number of anilines is 2. The van der Waals surface area contributed by atoms with E-state index in [1.807, 2.05) is 16.8 Å². The topological polar surface area (TPSA) is 92.9 Å². The fourth-order valence-electron chi connectivity index (χ4n) is 1.78. The molecule has 0 spiro atoms. The van der Waals surface area contributed by atoms with Gasteiger partial charge in [-0.1, -0.05) is 0 Å². The molecule has 2 heterocycles. The Bertz CT molecular complexity index is 686. The predicted molar refractivity (Wildman–Crippen MR) is 80.0 cm³/mol. The second kappa shape index (κ2) is 6.10. The molecule has 1 fully saturated rings. The van der Waals surface area contributed by atoms with Gasteiger partial charge in [0.25, 0.3) is 11.1 Å². The lowest BCUT2D eigenvalue weighted by molar-refractivity contribution is 0.709. The van der Waals surface area contributed by atoms with Crippen molar-refractivity contribution in [2.24, 2.45) is 0 Å². The van der Waals surface area contributed by atoms with E-state index in [1.54, 1.807) is 31.4 Å². The van der Waals surface area contributed by atoms with Gasteiger partial charge in [-0.05, 0) is 37.1 Å². The van der Waals surface area contributed by atoms with Gasteiger partial charge in [-0.2, -0.15) is 0 Å². The maximum Gasteiger partial charge on any atom is 0.274 e. The minimum Gasteiger partial charge on any atom is -0.394 e. The Hall–Kier alpha value is -2.50. The number of pyridine rings is 2. The number of aromatic amines is 1. The summed E-state index contributed by atoms with van der Waals surface area (Å²) in [5, 5.41) is 2.88. The van der Waals surface area contributed by atoms with Crippen molar-refractivity contribution in [3.8, 4) is 0 Å². The average molecular weight is 274 g/mol. The Morgan fingerprint density at radius 1 is 1.30 bits per heavy atom. The van der Waals surface area contributed by atoms with Crippen LogP contribution in [0.4, 0.5) is 11.4 Å². The molecule has 4 N–H and O–H groups in total. The van der Waals surface area contributed by atoms with Crippen molar-refractivity contribution in [1.82, 2.24) is 9.55 Å². The Morgan fingerprint density at radius 2 is 2.05 bits per heavy atom. The lowest BCUT2D eigenvalue weighted by Crippen LogP contribution is -2.20. The molecule has 0 atom stereocenters. The molecule has 6 heteroatoms. The molecule has 6 nitrogen and oxygen atoms in total. The lowest BCUT2D eigenvalue weighted by atomic mass is 10.4. The van der Waals surface area contributed by atoms with Gasteiger partial charge in [0.05, 0.1) is 5.69 Å². The Balaban J connectivity index is 0.000000160. The zero-order valence-corrected chi connectivity index (χ0v) is 11.3. The van der Waals surface area contributed by atoms with Crippen molar-refractivity contribution in [3.63, 3.8) is 0 Å². The number of nitrogen functional groups attached to an aromatic ring is 1. The quantitative estimate of drug-likeness (QED) is 0.766. The molecule has 2 aromatic heterocycles. The van der Waals surface area contributed by atoms with Crippen molar-refractivity contribution in [1.29, 1.82) is 0 Å². The third-order valence-corrected chi connectivity index (χ3v) is 3.03. The van der Waals surface area contributed by atoms with Crippen LogP contribution in [0.15, 0.2) is 46.2 Å². The highest BCUT2D eigenvalue weighted by atomic mass is 16.1. The van der Waals surface area contributed by atoms with Crippen LogP contribution in [-0.4, -0.2) is 16.6 Å². The van der Waals surface area contributed by atoms with E-state index in [1.165, 1.54) is 0 Å². The summed E-state index contributed by atoms with van der Waals surface area (Å²) in [4.78, 5) is 24.4. The SMILES string of the molecule is CNc1cccn(C2CC2)c1=O.Nc1ccc[nH]c1=O. The normalized spacial score (nSPS) is 13.2. The smallest absolute Gasteiger partial charge is 0.274 e. The summed E-state index contributed by atoms with van der Waals surface area (Å²) in [6.45, 7) is 0. The van der Waals surface area contributed by atoms with Crippen molar-refractivity contribution in [2.75, 3.05) is 18.1 Å². The maximum atomic E-state index is 11.6. The largest absolute Gasteiger partial charge is 0.394 e. The predicted octanol–water partition coefficient (Wildman–Crippen LogP) is 1.18. The molecule has 2 aromatic rings. The van der Waals surface area contributed by atoms with Crippen LogP contribution in [0.3, 0.4) is 0 Å². The van der Waals surface area contributed by atoms with Gasteiger partial charge in [0, 0.05) is 25.5 Å². The van der Waals surface area contributed by atoms with E-state index in [4.69, 9.17) is 5.73 Å². The Labute approximate surface area is 116 Å². The number of nitrogens with two attached hydrogens (primary N) is 1. The minimum absolute atomic E-state index is 0.0995. The molecular weight excluding hydrogens is 256 g/mol. The number of H-pyrrole nitrogens is 1. The Morgan fingerprint density at radius 3 is 2.55 bits per heavy atom. The molecule has 20 heavy (non-hydrogen) atoms. The molecule has 0 aliphatic heterocycles. The molecule has 0 unspecified atom stereocenters. The summed E-state index contributed by atoms with van der Waals surface area (Å²) in [6.07, 6.45) is 5.69. The second-order valence-corrected chi connectivity index (χ2v) is 4.57. The highest BCUT2D eigenvalue weighted by molar-refractivity contribution is 5.39. The van der Waals surface area contributed by atoms with Gasteiger partial charge >= 0.3 is 0 Å². The molecule has 1 saturated carbocycles. The highest BCUT2D eigenvalue weighted by Gasteiger charge is 2.24. The van der Waals surface area contributed by atoms with Crippen LogP contribution in [-0.2, 0) is 0 Å². The van der Waals surface area contributed by atoms with E-state index in [0.29, 0.717) is 11.7 Å². The van der Waals surface area contributed by atoms with Gasteiger partial charge < -0.3 is 20.6 Å². The zero-order valence-electron chi connectivity index (χ0n) is 11.3. The number of nitrogens with zero attached hydrogens (tertiary/aromatic N) is 1. The first kappa shape index (κ1) is 13.9. The van der Waals surface area contributed by atoms with Crippen LogP contribution in [0, 0.1) is 0 Å². The molecule has 3 rings (SSSR count). The summed E-state index contributed by atoms with van der Waals surface area (Å²) in [5.41, 5.74) is 5.99. The van der Waals surface area contributed by atoms with Crippen LogP contribution in [0.5, 0.6) is 0 Å². The summed E-state index contributed by atoms with van der Waals surface area (Å²) in [6, 6.07) is 7.41. The van der Waals surface area contributed by atoms with Crippen molar-refractivity contribution in [2.45, 2.75) is 18.9 Å². The monoisotopic (exact) mass is 274 g/mol. The number of nitrogens with one attached hydrogen (secondary N) is 2. The number of hydrogen-bond acceptors (Lipinski definition) is 4. The molecule has 0 radical (unpaired) electrons. The first-order valence-electron chi connectivity index (χ1n) is 6.45. The van der Waals surface area contributed by atoms with E-state index in [0.717, 1.165) is 12.8 Å². The molecule has 0 aromatic carbocycles. The third kappa shape index (κ3) is 3.28. The molecule has 1 aliphatic carbocycles. The zero-order chi connectivity index (χ0) is 14.5. The molecule has 0 bridgehead atoms. The first-order chi connectivity index (χ1) is 9.63. The van der Waals surface area contributed by atoms with Gasteiger partial charge in [0.2, 0.25) is 0 Å². The van der Waals surface area contributed by atoms with Crippen LogP contribution in [0.1, 0.15) is 18.9 Å². The van der Waals surface area contributed by atoms with Crippen molar-refractivity contribution >= 4 is 11.4 Å².